The van der Waals surface area contributed by atoms with Gasteiger partial charge in [-0.3, -0.25) is 0 Å². The zero-order chi connectivity index (χ0) is 19.3. The third-order valence-electron chi connectivity index (χ3n) is 6.74. The average molecular weight is 379 g/mol. The van der Waals surface area contributed by atoms with Gasteiger partial charge in [0.1, 0.15) is 5.82 Å². The fraction of sp³-hybridized carbons (Fsp3) is 0.435. The summed E-state index contributed by atoms with van der Waals surface area (Å²) in [6.45, 7) is 2.65. The van der Waals surface area contributed by atoms with Crippen LogP contribution in [0.5, 0.6) is 0 Å². The van der Waals surface area contributed by atoms with Crippen LogP contribution in [0.2, 0.25) is 0 Å². The van der Waals surface area contributed by atoms with Gasteiger partial charge in [-0.05, 0) is 55.1 Å². The molecule has 0 radical (unpaired) electrons. The quantitative estimate of drug-likeness (QED) is 0.866. The summed E-state index contributed by atoms with van der Waals surface area (Å²) in [6.07, 6.45) is 3.25. The van der Waals surface area contributed by atoms with E-state index in [0.29, 0.717) is 6.54 Å². The maximum absolute atomic E-state index is 13.5. The molecule has 2 amide bonds. The number of benzene rings is 2. The van der Waals surface area contributed by atoms with Crippen LogP contribution in [0.1, 0.15) is 35.6 Å². The number of amides is 2. The summed E-state index contributed by atoms with van der Waals surface area (Å²) >= 11 is 0. The number of rotatable bonds is 2. The third kappa shape index (κ3) is 2.98. The summed E-state index contributed by atoms with van der Waals surface area (Å²) in [5.41, 5.74) is 3.64. The standard InChI is InChI=1S/C23H26FN3O/c1-26-14-20(23(15-26)11-12-23)25-22(28)27-13-10-16-4-2-3-5-19(16)21(27)17-6-8-18(24)9-7-17/h2-9,20-21H,10-15H2,1H3,(H,25,28)/t20-,21-/m1/s1. The number of halogens is 1. The largest absolute Gasteiger partial charge is 0.333 e. The molecular weight excluding hydrogens is 353 g/mol. The lowest BCUT2D eigenvalue weighted by Gasteiger charge is -2.38. The van der Waals surface area contributed by atoms with Crippen LogP contribution in [0, 0.1) is 11.2 Å². The van der Waals surface area contributed by atoms with E-state index in [4.69, 9.17) is 0 Å². The lowest BCUT2D eigenvalue weighted by atomic mass is 9.88. The highest BCUT2D eigenvalue weighted by Crippen LogP contribution is 2.52. The Balaban J connectivity index is 1.45. The van der Waals surface area contributed by atoms with Crippen LogP contribution in [0.15, 0.2) is 48.5 Å². The Morgan fingerprint density at radius 3 is 2.64 bits per heavy atom. The Bertz CT molecular complexity index is 893. The van der Waals surface area contributed by atoms with Crippen molar-refractivity contribution in [2.24, 2.45) is 5.41 Å². The van der Waals surface area contributed by atoms with E-state index in [2.05, 4.69) is 29.4 Å². The van der Waals surface area contributed by atoms with E-state index in [-0.39, 0.29) is 29.3 Å². The molecule has 2 fully saturated rings. The van der Waals surface area contributed by atoms with Crippen LogP contribution in [-0.2, 0) is 6.42 Å². The Morgan fingerprint density at radius 2 is 1.89 bits per heavy atom. The molecule has 1 saturated heterocycles. The first-order valence-corrected chi connectivity index (χ1v) is 10.1. The number of hydrogen-bond donors (Lipinski definition) is 1. The first-order chi connectivity index (χ1) is 13.6. The van der Waals surface area contributed by atoms with Gasteiger partial charge in [0, 0.05) is 25.0 Å². The van der Waals surface area contributed by atoms with E-state index in [1.165, 1.54) is 30.5 Å². The Kier molecular flexibility index (Phi) is 4.16. The van der Waals surface area contributed by atoms with E-state index in [0.717, 1.165) is 30.6 Å². The second kappa shape index (κ2) is 6.59. The average Bonchev–Trinajstić information content (AvgIpc) is 3.40. The van der Waals surface area contributed by atoms with Gasteiger partial charge in [0.05, 0.1) is 12.1 Å². The van der Waals surface area contributed by atoms with Gasteiger partial charge in [-0.15, -0.1) is 0 Å². The molecule has 2 atom stereocenters. The zero-order valence-electron chi connectivity index (χ0n) is 16.2. The van der Waals surface area contributed by atoms with Gasteiger partial charge < -0.3 is 15.1 Å². The van der Waals surface area contributed by atoms with E-state index in [1.807, 2.05) is 17.0 Å². The van der Waals surface area contributed by atoms with Gasteiger partial charge in [0.15, 0.2) is 0 Å². The van der Waals surface area contributed by atoms with Crippen LogP contribution >= 0.6 is 0 Å². The number of nitrogens with one attached hydrogen (secondary N) is 1. The molecule has 2 aromatic carbocycles. The molecule has 5 heteroatoms. The molecule has 5 rings (SSSR count). The number of likely N-dealkylation sites (N-methyl/N-ethyl adjacent to an activating group) is 1. The minimum absolute atomic E-state index is 0.00426. The molecule has 2 heterocycles. The van der Waals surface area contributed by atoms with E-state index < -0.39 is 0 Å². The van der Waals surface area contributed by atoms with Crippen molar-refractivity contribution in [1.82, 2.24) is 15.1 Å². The molecule has 4 nitrogen and oxygen atoms in total. The SMILES string of the molecule is CN1C[C@@H](NC(=O)N2CCc3ccccc3[C@H]2c2ccc(F)cc2)C2(CC2)C1. The van der Waals surface area contributed by atoms with Crippen molar-refractivity contribution in [3.63, 3.8) is 0 Å². The number of carbonyl (C=O) groups excluding carboxylic acids is 1. The van der Waals surface area contributed by atoms with Crippen LogP contribution in [0.3, 0.4) is 0 Å². The highest BCUT2D eigenvalue weighted by atomic mass is 19.1. The van der Waals surface area contributed by atoms with Crippen LogP contribution < -0.4 is 5.32 Å². The van der Waals surface area contributed by atoms with Crippen molar-refractivity contribution >= 4 is 6.03 Å². The molecule has 28 heavy (non-hydrogen) atoms. The van der Waals surface area contributed by atoms with Gasteiger partial charge in [-0.2, -0.15) is 0 Å². The first-order valence-electron chi connectivity index (χ1n) is 10.1. The van der Waals surface area contributed by atoms with Gasteiger partial charge in [-0.25, -0.2) is 9.18 Å². The minimum Gasteiger partial charge on any atom is -0.333 e. The lowest BCUT2D eigenvalue weighted by molar-refractivity contribution is 0.173. The van der Waals surface area contributed by atoms with E-state index in [9.17, 15) is 9.18 Å². The topological polar surface area (TPSA) is 35.6 Å². The molecule has 0 aromatic heterocycles. The number of hydrogen-bond acceptors (Lipinski definition) is 2. The van der Waals surface area contributed by atoms with Crippen molar-refractivity contribution in [3.8, 4) is 0 Å². The number of carbonyl (C=O) groups is 1. The minimum atomic E-state index is -0.256. The molecule has 1 saturated carbocycles. The second-order valence-electron chi connectivity index (χ2n) is 8.66. The van der Waals surface area contributed by atoms with Crippen LogP contribution in [-0.4, -0.2) is 48.6 Å². The Labute approximate surface area is 165 Å². The third-order valence-corrected chi connectivity index (χ3v) is 6.74. The Morgan fingerprint density at radius 1 is 1.14 bits per heavy atom. The van der Waals surface area contributed by atoms with E-state index >= 15 is 0 Å². The van der Waals surface area contributed by atoms with Crippen molar-refractivity contribution in [1.29, 1.82) is 0 Å². The summed E-state index contributed by atoms with van der Waals surface area (Å²) in [6, 6.07) is 14.9. The van der Waals surface area contributed by atoms with E-state index in [1.54, 1.807) is 12.1 Å². The lowest BCUT2D eigenvalue weighted by Crippen LogP contribution is -2.51. The predicted octanol–water partition coefficient (Wildman–Crippen LogP) is 3.58. The maximum atomic E-state index is 13.5. The number of fused-ring (bicyclic) bond motifs is 1. The second-order valence-corrected chi connectivity index (χ2v) is 8.66. The van der Waals surface area contributed by atoms with Gasteiger partial charge in [0.25, 0.3) is 0 Å². The van der Waals surface area contributed by atoms with Gasteiger partial charge in [0.2, 0.25) is 0 Å². The highest BCUT2D eigenvalue weighted by Gasteiger charge is 2.55. The molecule has 1 N–H and O–H groups in total. The molecule has 1 spiro atoms. The van der Waals surface area contributed by atoms with Crippen LogP contribution in [0.4, 0.5) is 9.18 Å². The predicted molar refractivity (Wildman–Crippen MR) is 107 cm³/mol. The molecule has 0 bridgehead atoms. The van der Waals surface area contributed by atoms with Gasteiger partial charge >= 0.3 is 6.03 Å². The van der Waals surface area contributed by atoms with Crippen LogP contribution in [0.25, 0.3) is 0 Å². The monoisotopic (exact) mass is 379 g/mol. The first kappa shape index (κ1) is 17.7. The molecule has 3 aliphatic rings. The van der Waals surface area contributed by atoms with Crippen molar-refractivity contribution in [2.75, 3.05) is 26.7 Å². The highest BCUT2D eigenvalue weighted by molar-refractivity contribution is 5.76. The fourth-order valence-corrected chi connectivity index (χ4v) is 5.11. The molecule has 146 valence electrons. The molecular formula is C23H26FN3O. The number of likely N-dealkylation sites (tertiary alicyclic amines) is 1. The number of nitrogens with zero attached hydrogens (tertiary/aromatic N) is 2. The van der Waals surface area contributed by atoms with Crippen molar-refractivity contribution in [3.05, 3.63) is 71.0 Å². The van der Waals surface area contributed by atoms with Crippen molar-refractivity contribution in [2.45, 2.75) is 31.3 Å². The summed E-state index contributed by atoms with van der Waals surface area (Å²) < 4.78 is 13.5. The molecule has 2 aromatic rings. The fourth-order valence-electron chi connectivity index (χ4n) is 5.11. The van der Waals surface area contributed by atoms with Gasteiger partial charge in [-0.1, -0.05) is 36.4 Å². The smallest absolute Gasteiger partial charge is 0.318 e. The molecule has 1 aliphatic carbocycles. The summed E-state index contributed by atoms with van der Waals surface area (Å²) in [5.74, 6) is -0.256. The van der Waals surface area contributed by atoms with Crippen molar-refractivity contribution < 1.29 is 9.18 Å². The number of urea groups is 1. The molecule has 2 aliphatic heterocycles. The zero-order valence-corrected chi connectivity index (χ0v) is 16.2. The molecule has 0 unspecified atom stereocenters. The summed E-state index contributed by atoms with van der Waals surface area (Å²) in [4.78, 5) is 17.6. The summed E-state index contributed by atoms with van der Waals surface area (Å²) in [5, 5.41) is 3.34. The normalized spacial score (nSPS) is 25.6. The Hall–Kier alpha value is -2.40. The maximum Gasteiger partial charge on any atom is 0.318 e. The summed E-state index contributed by atoms with van der Waals surface area (Å²) in [7, 11) is 2.13.